The van der Waals surface area contributed by atoms with Crippen LogP contribution in [0.15, 0.2) is 59.3 Å². The van der Waals surface area contributed by atoms with Crippen LogP contribution in [0.4, 0.5) is 5.69 Å². The molecule has 4 rings (SSSR count). The number of carbonyl (C=O) groups is 1. The number of hydrogen-bond donors (Lipinski definition) is 1. The maximum atomic E-state index is 12.5. The number of para-hydroxylation sites is 1. The van der Waals surface area contributed by atoms with Gasteiger partial charge in [-0.15, -0.1) is 0 Å². The summed E-state index contributed by atoms with van der Waals surface area (Å²) in [5.74, 6) is 0.691. The quantitative estimate of drug-likeness (QED) is 0.521. The lowest BCUT2D eigenvalue weighted by Gasteiger charge is -2.23. The Morgan fingerprint density at radius 3 is 2.73 bits per heavy atom. The number of fused-ring (bicyclic) bond motifs is 2. The van der Waals surface area contributed by atoms with Crippen molar-refractivity contribution in [3.63, 3.8) is 0 Å². The van der Waals surface area contributed by atoms with Crippen molar-refractivity contribution < 1.29 is 4.79 Å². The van der Waals surface area contributed by atoms with Crippen LogP contribution in [-0.2, 0) is 12.0 Å². The van der Waals surface area contributed by atoms with E-state index in [0.717, 1.165) is 29.1 Å². The van der Waals surface area contributed by atoms with E-state index in [0.29, 0.717) is 5.56 Å². The van der Waals surface area contributed by atoms with Crippen LogP contribution < -0.4 is 10.3 Å². The zero-order valence-electron chi connectivity index (χ0n) is 18.1. The largest absolute Gasteiger partial charge is 0.347 e. The maximum absolute atomic E-state index is 12.5. The van der Waals surface area contributed by atoms with Gasteiger partial charge in [-0.25, -0.2) is 10.4 Å². The molecular weight excluding hydrogens is 374 g/mol. The third-order valence-corrected chi connectivity index (χ3v) is 5.93. The first-order valence-electron chi connectivity index (χ1n) is 10.2. The van der Waals surface area contributed by atoms with Gasteiger partial charge < -0.3 is 9.47 Å². The molecule has 0 fully saturated rings. The molecule has 1 aliphatic rings. The van der Waals surface area contributed by atoms with Crippen LogP contribution >= 0.6 is 0 Å². The lowest BCUT2D eigenvalue weighted by Crippen LogP contribution is -2.23. The molecule has 0 aliphatic carbocycles. The molecule has 0 spiro atoms. The van der Waals surface area contributed by atoms with E-state index >= 15 is 0 Å². The summed E-state index contributed by atoms with van der Waals surface area (Å²) in [5, 5.41) is 4.14. The van der Waals surface area contributed by atoms with Crippen LogP contribution in [0.5, 0.6) is 0 Å². The Morgan fingerprint density at radius 1 is 1.23 bits per heavy atom. The number of nitrogens with one attached hydrogen (secondary N) is 1. The lowest BCUT2D eigenvalue weighted by atomic mass is 9.84. The molecule has 0 saturated heterocycles. The number of anilines is 1. The SMILES string of the molecule is CCn1c(C)nc2cc(C(=O)NN=CC=C3N(C)c4ccccc4C3(C)C)ccc21. The van der Waals surface area contributed by atoms with Crippen molar-refractivity contribution in [2.75, 3.05) is 11.9 Å². The van der Waals surface area contributed by atoms with Crippen molar-refractivity contribution in [3.8, 4) is 0 Å². The second-order valence-electron chi connectivity index (χ2n) is 8.08. The van der Waals surface area contributed by atoms with Gasteiger partial charge >= 0.3 is 0 Å². The molecule has 2 aromatic carbocycles. The highest BCUT2D eigenvalue weighted by Gasteiger charge is 2.37. The van der Waals surface area contributed by atoms with Crippen molar-refractivity contribution in [2.45, 2.75) is 39.7 Å². The van der Waals surface area contributed by atoms with Gasteiger partial charge in [0, 0.05) is 42.2 Å². The Hall–Kier alpha value is -3.41. The fourth-order valence-electron chi connectivity index (χ4n) is 4.36. The molecule has 30 heavy (non-hydrogen) atoms. The molecule has 1 aliphatic heterocycles. The van der Waals surface area contributed by atoms with Crippen molar-refractivity contribution >= 4 is 28.8 Å². The molecular formula is C24H27N5O. The second kappa shape index (κ2) is 7.44. The monoisotopic (exact) mass is 401 g/mol. The van der Waals surface area contributed by atoms with Gasteiger partial charge in [0.1, 0.15) is 5.82 Å². The first kappa shape index (κ1) is 19.9. The average Bonchev–Trinajstić information content (AvgIpc) is 3.15. The predicted molar refractivity (Wildman–Crippen MR) is 122 cm³/mol. The van der Waals surface area contributed by atoms with E-state index in [1.165, 1.54) is 11.3 Å². The number of imidazole rings is 1. The Labute approximate surface area is 176 Å². The Kier molecular flexibility index (Phi) is 4.94. The first-order valence-corrected chi connectivity index (χ1v) is 10.2. The number of benzene rings is 2. The topological polar surface area (TPSA) is 62.5 Å². The predicted octanol–water partition coefficient (Wildman–Crippen LogP) is 4.39. The summed E-state index contributed by atoms with van der Waals surface area (Å²) in [4.78, 5) is 19.2. The molecule has 0 atom stereocenters. The number of hydrogen-bond acceptors (Lipinski definition) is 4. The van der Waals surface area contributed by atoms with Gasteiger partial charge in [0.15, 0.2) is 0 Å². The van der Waals surface area contributed by atoms with Gasteiger partial charge in [-0.2, -0.15) is 5.10 Å². The zero-order chi connectivity index (χ0) is 21.5. The molecule has 2 heterocycles. The number of rotatable bonds is 4. The van der Waals surface area contributed by atoms with Crippen molar-refractivity contribution in [1.82, 2.24) is 15.0 Å². The first-order chi connectivity index (χ1) is 14.3. The normalized spacial score (nSPS) is 16.6. The fourth-order valence-corrected chi connectivity index (χ4v) is 4.36. The highest BCUT2D eigenvalue weighted by atomic mass is 16.2. The van der Waals surface area contributed by atoms with E-state index in [4.69, 9.17) is 0 Å². The smallest absolute Gasteiger partial charge is 0.271 e. The van der Waals surface area contributed by atoms with Gasteiger partial charge in [-0.1, -0.05) is 32.0 Å². The third-order valence-electron chi connectivity index (χ3n) is 5.93. The minimum Gasteiger partial charge on any atom is -0.347 e. The Bertz CT molecular complexity index is 1190. The summed E-state index contributed by atoms with van der Waals surface area (Å²) in [7, 11) is 2.05. The van der Waals surface area contributed by atoms with Gasteiger partial charge in [-0.05, 0) is 49.8 Å². The summed E-state index contributed by atoms with van der Waals surface area (Å²) in [6.45, 7) is 9.29. The molecule has 0 bridgehead atoms. The van der Waals surface area contributed by atoms with Gasteiger partial charge in [0.25, 0.3) is 5.91 Å². The Balaban J connectivity index is 1.50. The molecule has 1 aromatic heterocycles. The summed E-state index contributed by atoms with van der Waals surface area (Å²) in [5.41, 5.74) is 8.50. The van der Waals surface area contributed by atoms with Crippen LogP contribution in [0.3, 0.4) is 0 Å². The van der Waals surface area contributed by atoms with Crippen molar-refractivity contribution in [1.29, 1.82) is 0 Å². The van der Waals surface area contributed by atoms with E-state index in [1.54, 1.807) is 6.21 Å². The fraction of sp³-hybridized carbons (Fsp3) is 0.292. The molecule has 0 saturated carbocycles. The number of aryl methyl sites for hydroxylation is 2. The van der Waals surface area contributed by atoms with E-state index in [-0.39, 0.29) is 11.3 Å². The van der Waals surface area contributed by atoms with Crippen molar-refractivity contribution in [3.05, 3.63) is 71.2 Å². The molecule has 3 aromatic rings. The molecule has 0 radical (unpaired) electrons. The minimum atomic E-state index is -0.252. The molecule has 0 unspecified atom stereocenters. The van der Waals surface area contributed by atoms with E-state index in [2.05, 4.69) is 71.0 Å². The van der Waals surface area contributed by atoms with Gasteiger partial charge in [0.2, 0.25) is 0 Å². The van der Waals surface area contributed by atoms with Crippen LogP contribution in [0, 0.1) is 6.92 Å². The second-order valence-corrected chi connectivity index (χ2v) is 8.08. The molecule has 1 amide bonds. The Morgan fingerprint density at radius 2 is 2.00 bits per heavy atom. The number of likely N-dealkylation sites (N-methyl/N-ethyl adjacent to an activating group) is 1. The minimum absolute atomic E-state index is 0.123. The average molecular weight is 402 g/mol. The standard InChI is InChI=1S/C24H27N5O/c1-6-29-16(2)26-19-15-17(11-12-21(19)29)23(30)27-25-14-13-22-24(3,4)18-9-7-8-10-20(18)28(22)5/h7-15H,6H2,1-5H3,(H,27,30). The zero-order valence-corrected chi connectivity index (χ0v) is 18.1. The third kappa shape index (κ3) is 3.18. The molecule has 6 heteroatoms. The van der Waals surface area contributed by atoms with Gasteiger partial charge in [0.05, 0.1) is 11.0 Å². The van der Waals surface area contributed by atoms with Crippen LogP contribution in [0.25, 0.3) is 11.0 Å². The van der Waals surface area contributed by atoms with Crippen LogP contribution in [-0.4, -0.2) is 28.7 Å². The summed E-state index contributed by atoms with van der Waals surface area (Å²) < 4.78 is 2.12. The highest BCUT2D eigenvalue weighted by Crippen LogP contribution is 2.46. The van der Waals surface area contributed by atoms with E-state index in [1.807, 2.05) is 37.3 Å². The van der Waals surface area contributed by atoms with Crippen LogP contribution in [0.1, 0.15) is 42.5 Å². The lowest BCUT2D eigenvalue weighted by molar-refractivity contribution is 0.0955. The maximum Gasteiger partial charge on any atom is 0.271 e. The molecule has 6 nitrogen and oxygen atoms in total. The summed E-state index contributed by atoms with van der Waals surface area (Å²) >= 11 is 0. The van der Waals surface area contributed by atoms with E-state index in [9.17, 15) is 4.79 Å². The highest BCUT2D eigenvalue weighted by molar-refractivity contribution is 5.97. The molecule has 154 valence electrons. The number of carbonyl (C=O) groups excluding carboxylic acids is 1. The number of amides is 1. The number of nitrogens with zero attached hydrogens (tertiary/aromatic N) is 4. The van der Waals surface area contributed by atoms with E-state index < -0.39 is 0 Å². The summed E-state index contributed by atoms with van der Waals surface area (Å²) in [6, 6.07) is 13.9. The van der Waals surface area contributed by atoms with Crippen LogP contribution in [0.2, 0.25) is 0 Å². The molecule has 1 N–H and O–H groups in total. The number of aromatic nitrogens is 2. The summed E-state index contributed by atoms with van der Waals surface area (Å²) in [6.07, 6.45) is 3.60. The number of allylic oxidation sites excluding steroid dienone is 2. The van der Waals surface area contributed by atoms with Crippen molar-refractivity contribution in [2.24, 2.45) is 5.10 Å². The number of hydrazone groups is 1. The van der Waals surface area contributed by atoms with Gasteiger partial charge in [-0.3, -0.25) is 4.79 Å².